The molecule has 45 heavy (non-hydrogen) atoms. The van der Waals surface area contributed by atoms with Crippen LogP contribution in [0.25, 0.3) is 77.2 Å². The number of hydrogen-bond acceptors (Lipinski definition) is 0. The molecule has 2 nitrogen and oxygen atoms in total. The standard InChI is InChI=1S/C43H28N2/c1-2-11-32(12-3-1)44-40-16-8-6-14-35(40)38-25-28(19-22-42(38)44)29-20-23-43-39(26-29)36-15-7-9-17-41(36)45(43)33-21-18-31-24-30-10-4-5-13-34(30)37(31)27-33/h1-23,25-27H,24H2. The Hall–Kier alpha value is -5.86. The van der Waals surface area contributed by atoms with Crippen molar-refractivity contribution in [2.75, 3.05) is 0 Å². The van der Waals surface area contributed by atoms with Crippen molar-refractivity contribution < 1.29 is 0 Å². The van der Waals surface area contributed by atoms with E-state index in [1.807, 2.05) is 0 Å². The SMILES string of the molecule is c1ccc(-n2c3ccccc3c3cc(-c4ccc5c(c4)c4ccccc4n5-c4ccc5c(c4)-c4ccccc4C5)ccc32)cc1. The molecule has 0 radical (unpaired) electrons. The summed E-state index contributed by atoms with van der Waals surface area (Å²) in [7, 11) is 0. The zero-order chi connectivity index (χ0) is 29.5. The van der Waals surface area contributed by atoms with E-state index in [1.165, 1.54) is 88.4 Å². The van der Waals surface area contributed by atoms with Gasteiger partial charge < -0.3 is 9.13 Å². The molecular formula is C43H28N2. The topological polar surface area (TPSA) is 9.86 Å². The van der Waals surface area contributed by atoms with Crippen LogP contribution in [0, 0.1) is 0 Å². The van der Waals surface area contributed by atoms with E-state index in [0.29, 0.717) is 0 Å². The van der Waals surface area contributed by atoms with Gasteiger partial charge in [-0.25, -0.2) is 0 Å². The highest BCUT2D eigenvalue weighted by Gasteiger charge is 2.20. The molecule has 0 saturated carbocycles. The highest BCUT2D eigenvalue weighted by atomic mass is 15.0. The Kier molecular flexibility index (Phi) is 5.09. The van der Waals surface area contributed by atoms with Gasteiger partial charge in [0.15, 0.2) is 0 Å². The van der Waals surface area contributed by atoms with Crippen LogP contribution < -0.4 is 0 Å². The highest BCUT2D eigenvalue weighted by Crippen LogP contribution is 2.41. The van der Waals surface area contributed by atoms with Crippen LogP contribution in [0.15, 0.2) is 158 Å². The summed E-state index contributed by atoms with van der Waals surface area (Å²) in [5, 5.41) is 5.09. The molecule has 0 N–H and O–H groups in total. The molecule has 210 valence electrons. The van der Waals surface area contributed by atoms with Crippen LogP contribution >= 0.6 is 0 Å². The molecule has 2 heterocycles. The Bertz CT molecular complexity index is 2620. The summed E-state index contributed by atoms with van der Waals surface area (Å²) >= 11 is 0. The summed E-state index contributed by atoms with van der Waals surface area (Å²) in [6.45, 7) is 0. The third kappa shape index (κ3) is 3.57. The zero-order valence-corrected chi connectivity index (χ0v) is 24.6. The molecule has 0 spiro atoms. The summed E-state index contributed by atoms with van der Waals surface area (Å²) in [5.41, 5.74) is 15.3. The molecule has 2 aromatic heterocycles. The first kappa shape index (κ1) is 24.6. The van der Waals surface area contributed by atoms with E-state index in [9.17, 15) is 0 Å². The van der Waals surface area contributed by atoms with Crippen LogP contribution in [0.3, 0.4) is 0 Å². The number of para-hydroxylation sites is 3. The fourth-order valence-corrected chi connectivity index (χ4v) is 7.69. The molecule has 9 aromatic rings. The lowest BCUT2D eigenvalue weighted by Gasteiger charge is -2.11. The normalized spacial score (nSPS) is 12.4. The average Bonchev–Trinajstić information content (AvgIpc) is 3.75. The lowest BCUT2D eigenvalue weighted by atomic mass is 10.0. The molecule has 0 aliphatic heterocycles. The molecule has 0 bridgehead atoms. The van der Waals surface area contributed by atoms with Gasteiger partial charge >= 0.3 is 0 Å². The van der Waals surface area contributed by atoms with Gasteiger partial charge in [0, 0.05) is 32.9 Å². The second kappa shape index (κ2) is 9.32. The minimum absolute atomic E-state index is 1.01. The maximum Gasteiger partial charge on any atom is 0.0541 e. The van der Waals surface area contributed by atoms with E-state index in [2.05, 4.69) is 167 Å². The minimum Gasteiger partial charge on any atom is -0.309 e. The van der Waals surface area contributed by atoms with Crippen molar-refractivity contribution in [3.8, 4) is 33.6 Å². The molecule has 0 amide bonds. The van der Waals surface area contributed by atoms with Gasteiger partial charge in [-0.3, -0.25) is 0 Å². The predicted octanol–water partition coefficient (Wildman–Crippen LogP) is 11.1. The molecule has 10 rings (SSSR count). The Balaban J connectivity index is 1.16. The van der Waals surface area contributed by atoms with Gasteiger partial charge in [0.25, 0.3) is 0 Å². The number of benzene rings is 7. The van der Waals surface area contributed by atoms with Gasteiger partial charge in [-0.2, -0.15) is 0 Å². The molecule has 1 aliphatic carbocycles. The van der Waals surface area contributed by atoms with Crippen LogP contribution in [0.5, 0.6) is 0 Å². The third-order valence-electron chi connectivity index (χ3n) is 9.73. The summed E-state index contributed by atoms with van der Waals surface area (Å²) in [6, 6.07) is 57.9. The summed E-state index contributed by atoms with van der Waals surface area (Å²) in [4.78, 5) is 0. The quantitative estimate of drug-likeness (QED) is 0.199. The fraction of sp³-hybridized carbons (Fsp3) is 0.0233. The van der Waals surface area contributed by atoms with Crippen LogP contribution in [-0.2, 0) is 6.42 Å². The summed E-state index contributed by atoms with van der Waals surface area (Å²) in [5.74, 6) is 0. The summed E-state index contributed by atoms with van der Waals surface area (Å²) < 4.78 is 4.81. The largest absolute Gasteiger partial charge is 0.309 e. The van der Waals surface area contributed by atoms with E-state index in [-0.39, 0.29) is 0 Å². The number of rotatable bonds is 3. The van der Waals surface area contributed by atoms with E-state index in [1.54, 1.807) is 0 Å². The first-order chi connectivity index (χ1) is 22.3. The third-order valence-corrected chi connectivity index (χ3v) is 9.73. The van der Waals surface area contributed by atoms with Crippen molar-refractivity contribution in [3.63, 3.8) is 0 Å². The van der Waals surface area contributed by atoms with Crippen molar-refractivity contribution in [2.45, 2.75) is 6.42 Å². The Labute approximate surface area is 261 Å². The zero-order valence-electron chi connectivity index (χ0n) is 24.6. The van der Waals surface area contributed by atoms with Gasteiger partial charge in [-0.1, -0.05) is 97.1 Å². The first-order valence-corrected chi connectivity index (χ1v) is 15.7. The number of nitrogens with zero attached hydrogens (tertiary/aromatic N) is 2. The van der Waals surface area contributed by atoms with Gasteiger partial charge in [0.2, 0.25) is 0 Å². The van der Waals surface area contributed by atoms with Crippen LogP contribution in [0.2, 0.25) is 0 Å². The van der Waals surface area contributed by atoms with Crippen LogP contribution in [0.1, 0.15) is 11.1 Å². The Morgan fingerprint density at radius 1 is 0.333 bits per heavy atom. The van der Waals surface area contributed by atoms with Crippen molar-refractivity contribution >= 4 is 43.6 Å². The van der Waals surface area contributed by atoms with Gasteiger partial charge in [-0.15, -0.1) is 0 Å². The van der Waals surface area contributed by atoms with Crippen molar-refractivity contribution in [1.29, 1.82) is 0 Å². The minimum atomic E-state index is 1.01. The number of aromatic nitrogens is 2. The molecular weight excluding hydrogens is 544 g/mol. The van der Waals surface area contributed by atoms with E-state index < -0.39 is 0 Å². The van der Waals surface area contributed by atoms with Crippen LogP contribution in [0.4, 0.5) is 0 Å². The molecule has 0 unspecified atom stereocenters. The van der Waals surface area contributed by atoms with E-state index in [0.717, 1.165) is 6.42 Å². The lowest BCUT2D eigenvalue weighted by Crippen LogP contribution is -1.95. The van der Waals surface area contributed by atoms with Crippen molar-refractivity contribution in [3.05, 3.63) is 169 Å². The van der Waals surface area contributed by atoms with E-state index >= 15 is 0 Å². The van der Waals surface area contributed by atoms with Gasteiger partial charge in [0.05, 0.1) is 22.1 Å². The summed E-state index contributed by atoms with van der Waals surface area (Å²) in [6.07, 6.45) is 1.01. The number of fused-ring (bicyclic) bond motifs is 9. The molecule has 0 fully saturated rings. The molecule has 1 aliphatic rings. The van der Waals surface area contributed by atoms with Gasteiger partial charge in [0.1, 0.15) is 0 Å². The monoisotopic (exact) mass is 572 g/mol. The predicted molar refractivity (Wildman–Crippen MR) is 189 cm³/mol. The maximum absolute atomic E-state index is 2.44. The first-order valence-electron chi connectivity index (χ1n) is 15.7. The van der Waals surface area contributed by atoms with Gasteiger partial charge in [-0.05, 0) is 100 Å². The average molecular weight is 573 g/mol. The molecule has 2 heteroatoms. The smallest absolute Gasteiger partial charge is 0.0541 e. The Morgan fingerprint density at radius 3 is 1.56 bits per heavy atom. The molecule has 0 saturated heterocycles. The molecule has 7 aromatic carbocycles. The Morgan fingerprint density at radius 2 is 0.867 bits per heavy atom. The number of hydrogen-bond donors (Lipinski definition) is 0. The fourth-order valence-electron chi connectivity index (χ4n) is 7.69. The molecule has 0 atom stereocenters. The van der Waals surface area contributed by atoms with Crippen molar-refractivity contribution in [2.24, 2.45) is 0 Å². The maximum atomic E-state index is 2.44. The highest BCUT2D eigenvalue weighted by molar-refractivity contribution is 6.12. The lowest BCUT2D eigenvalue weighted by molar-refractivity contribution is 1.17. The second-order valence-corrected chi connectivity index (χ2v) is 12.2. The second-order valence-electron chi connectivity index (χ2n) is 12.2. The van der Waals surface area contributed by atoms with Crippen LogP contribution in [-0.4, -0.2) is 9.13 Å². The van der Waals surface area contributed by atoms with Crippen molar-refractivity contribution in [1.82, 2.24) is 9.13 Å². The van der Waals surface area contributed by atoms with E-state index in [4.69, 9.17) is 0 Å².